The first kappa shape index (κ1) is 12.5. The van der Waals surface area contributed by atoms with Gasteiger partial charge in [-0.05, 0) is 33.1 Å². The molecule has 0 aromatic carbocycles. The Morgan fingerprint density at radius 2 is 2.13 bits per heavy atom. The maximum absolute atomic E-state index is 12.5. The summed E-state index contributed by atoms with van der Waals surface area (Å²) >= 11 is 6.18. The number of nitriles is 1. The smallest absolute Gasteiger partial charge is 0.239 e. The molecular formula is C9H6Br2F2N2. The van der Waals surface area contributed by atoms with Gasteiger partial charge in [-0.1, -0.05) is 15.9 Å². The van der Waals surface area contributed by atoms with E-state index in [1.807, 2.05) is 6.07 Å². The van der Waals surface area contributed by atoms with Crippen molar-refractivity contribution in [3.63, 3.8) is 0 Å². The predicted octanol–water partition coefficient (Wildman–Crippen LogP) is 3.74. The summed E-state index contributed by atoms with van der Waals surface area (Å²) in [7, 11) is 0. The van der Waals surface area contributed by atoms with Gasteiger partial charge in [-0.3, -0.25) is 0 Å². The van der Waals surface area contributed by atoms with Crippen LogP contribution in [0.25, 0.3) is 0 Å². The van der Waals surface area contributed by atoms with Crippen molar-refractivity contribution >= 4 is 31.9 Å². The van der Waals surface area contributed by atoms with Gasteiger partial charge in [0, 0.05) is 5.33 Å². The van der Waals surface area contributed by atoms with Crippen molar-refractivity contribution in [2.24, 2.45) is 0 Å². The van der Waals surface area contributed by atoms with Crippen LogP contribution in [0.5, 0.6) is 0 Å². The van der Waals surface area contributed by atoms with Gasteiger partial charge in [-0.2, -0.15) is 5.26 Å². The van der Waals surface area contributed by atoms with Crippen LogP contribution in [0.1, 0.15) is 23.2 Å². The highest BCUT2D eigenvalue weighted by molar-refractivity contribution is 9.10. The molecule has 0 saturated heterocycles. The number of alkyl halides is 3. The number of nitrogens with zero attached hydrogens (tertiary/aromatic N) is 2. The van der Waals surface area contributed by atoms with Gasteiger partial charge in [0.1, 0.15) is 10.3 Å². The fourth-order valence-electron chi connectivity index (χ4n) is 1.10. The molecule has 0 aliphatic heterocycles. The van der Waals surface area contributed by atoms with E-state index >= 15 is 0 Å². The molecule has 0 amide bonds. The Morgan fingerprint density at radius 3 is 2.60 bits per heavy atom. The van der Waals surface area contributed by atoms with E-state index in [1.54, 1.807) is 6.07 Å². The zero-order valence-electron chi connectivity index (χ0n) is 7.48. The van der Waals surface area contributed by atoms with Gasteiger partial charge in [0.15, 0.2) is 0 Å². The van der Waals surface area contributed by atoms with E-state index in [0.29, 0.717) is 21.1 Å². The summed E-state index contributed by atoms with van der Waals surface area (Å²) in [6.07, 6.45) is -2.46. The highest BCUT2D eigenvalue weighted by Gasteiger charge is 2.17. The maximum Gasteiger partial charge on any atom is 0.280 e. The minimum atomic E-state index is -2.61. The van der Waals surface area contributed by atoms with E-state index in [2.05, 4.69) is 36.8 Å². The van der Waals surface area contributed by atoms with E-state index in [0.717, 1.165) is 0 Å². The lowest BCUT2D eigenvalue weighted by Crippen LogP contribution is -2.00. The molecular weight excluding hydrogens is 334 g/mol. The molecule has 1 aromatic heterocycles. The number of rotatable bonds is 3. The Balaban J connectivity index is 3.24. The lowest BCUT2D eigenvalue weighted by Gasteiger charge is -2.08. The summed E-state index contributed by atoms with van der Waals surface area (Å²) in [4.78, 5) is 3.75. The van der Waals surface area contributed by atoms with Crippen molar-refractivity contribution in [3.05, 3.63) is 27.5 Å². The molecule has 1 heterocycles. The third-order valence-corrected chi connectivity index (χ3v) is 3.07. The van der Waals surface area contributed by atoms with Crippen LogP contribution in [-0.2, 0) is 11.8 Å². The third-order valence-electron chi connectivity index (χ3n) is 1.78. The highest BCUT2D eigenvalue weighted by Crippen LogP contribution is 2.27. The summed E-state index contributed by atoms with van der Waals surface area (Å²) in [5.41, 5.74) is 0.787. The Bertz CT molecular complexity index is 402. The SMILES string of the molecule is N#CCc1cc(CBr)c(C(F)F)nc1Br. The zero-order valence-corrected chi connectivity index (χ0v) is 10.6. The second kappa shape index (κ2) is 5.52. The fraction of sp³-hybridized carbons (Fsp3) is 0.333. The normalized spacial score (nSPS) is 10.4. The van der Waals surface area contributed by atoms with Crippen LogP contribution in [-0.4, -0.2) is 4.98 Å². The summed E-state index contributed by atoms with van der Waals surface area (Å²) < 4.78 is 25.4. The number of hydrogen-bond acceptors (Lipinski definition) is 2. The Hall–Kier alpha value is -0.540. The average Bonchev–Trinajstić information content (AvgIpc) is 2.20. The molecule has 0 spiro atoms. The molecule has 0 saturated carbocycles. The second-order valence-electron chi connectivity index (χ2n) is 2.75. The van der Waals surface area contributed by atoms with Gasteiger partial charge in [0.25, 0.3) is 6.43 Å². The van der Waals surface area contributed by atoms with Crippen LogP contribution in [0.2, 0.25) is 0 Å². The van der Waals surface area contributed by atoms with Gasteiger partial charge in [0.2, 0.25) is 0 Å². The number of pyridine rings is 1. The molecule has 0 bridgehead atoms. The fourth-order valence-corrected chi connectivity index (χ4v) is 1.99. The molecule has 1 rings (SSSR count). The van der Waals surface area contributed by atoms with Gasteiger partial charge in [0.05, 0.1) is 12.5 Å². The van der Waals surface area contributed by atoms with E-state index in [1.165, 1.54) is 0 Å². The van der Waals surface area contributed by atoms with Crippen LogP contribution in [0.15, 0.2) is 10.7 Å². The number of halogens is 4. The van der Waals surface area contributed by atoms with E-state index in [9.17, 15) is 8.78 Å². The third kappa shape index (κ3) is 2.95. The topological polar surface area (TPSA) is 36.7 Å². The van der Waals surface area contributed by atoms with E-state index in [-0.39, 0.29) is 12.1 Å². The predicted molar refractivity (Wildman–Crippen MR) is 58.8 cm³/mol. The Kier molecular flexibility index (Phi) is 4.61. The van der Waals surface area contributed by atoms with Crippen LogP contribution in [0.4, 0.5) is 8.78 Å². The quantitative estimate of drug-likeness (QED) is 0.621. The largest absolute Gasteiger partial charge is 0.280 e. The van der Waals surface area contributed by atoms with Crippen LogP contribution in [0, 0.1) is 11.3 Å². The lowest BCUT2D eigenvalue weighted by molar-refractivity contribution is 0.145. The van der Waals surface area contributed by atoms with E-state index < -0.39 is 6.43 Å². The number of aromatic nitrogens is 1. The molecule has 80 valence electrons. The van der Waals surface area contributed by atoms with Crippen molar-refractivity contribution in [1.29, 1.82) is 5.26 Å². The Morgan fingerprint density at radius 1 is 1.47 bits per heavy atom. The molecule has 0 aliphatic rings. The van der Waals surface area contributed by atoms with Crippen LogP contribution >= 0.6 is 31.9 Å². The van der Waals surface area contributed by atoms with Gasteiger partial charge in [-0.25, -0.2) is 13.8 Å². The molecule has 0 atom stereocenters. The number of hydrogen-bond donors (Lipinski definition) is 0. The van der Waals surface area contributed by atoms with Crippen molar-refractivity contribution < 1.29 is 8.78 Å². The molecule has 0 unspecified atom stereocenters. The molecule has 2 nitrogen and oxygen atoms in total. The second-order valence-corrected chi connectivity index (χ2v) is 4.06. The summed E-state index contributed by atoms with van der Waals surface area (Å²) in [6, 6.07) is 3.52. The van der Waals surface area contributed by atoms with Crippen LogP contribution in [0.3, 0.4) is 0 Å². The molecule has 0 aliphatic carbocycles. The molecule has 1 aromatic rings. The first-order chi connectivity index (χ1) is 7.10. The first-order valence-electron chi connectivity index (χ1n) is 3.99. The molecule has 0 N–H and O–H groups in total. The minimum Gasteiger partial charge on any atom is -0.239 e. The summed E-state index contributed by atoms with van der Waals surface area (Å²) in [5.74, 6) is 0. The molecule has 6 heteroatoms. The van der Waals surface area contributed by atoms with Gasteiger partial charge < -0.3 is 0 Å². The van der Waals surface area contributed by atoms with E-state index in [4.69, 9.17) is 5.26 Å². The van der Waals surface area contributed by atoms with Crippen molar-refractivity contribution in [2.75, 3.05) is 0 Å². The first-order valence-corrected chi connectivity index (χ1v) is 5.90. The zero-order chi connectivity index (χ0) is 11.4. The van der Waals surface area contributed by atoms with Crippen molar-refractivity contribution in [3.8, 4) is 6.07 Å². The lowest BCUT2D eigenvalue weighted by atomic mass is 10.1. The Labute approximate surface area is 103 Å². The van der Waals surface area contributed by atoms with Crippen molar-refractivity contribution in [2.45, 2.75) is 18.2 Å². The molecule has 15 heavy (non-hydrogen) atoms. The summed E-state index contributed by atoms with van der Waals surface area (Å²) in [5, 5.41) is 8.82. The maximum atomic E-state index is 12.5. The van der Waals surface area contributed by atoms with Crippen LogP contribution < -0.4 is 0 Å². The summed E-state index contributed by atoms with van der Waals surface area (Å²) in [6.45, 7) is 0. The average molecular weight is 340 g/mol. The van der Waals surface area contributed by atoms with Gasteiger partial charge in [-0.15, -0.1) is 0 Å². The van der Waals surface area contributed by atoms with Crippen molar-refractivity contribution in [1.82, 2.24) is 4.98 Å². The standard InChI is InChI=1S/C9H6Br2F2N2/c10-4-6-3-5(1-2-14)8(11)15-7(6)9(12)13/h3,9H,1,4H2. The molecule has 0 fully saturated rings. The van der Waals surface area contributed by atoms with Gasteiger partial charge >= 0.3 is 0 Å². The highest BCUT2D eigenvalue weighted by atomic mass is 79.9. The monoisotopic (exact) mass is 338 g/mol. The molecule has 0 radical (unpaired) electrons. The minimum absolute atomic E-state index is 0.150.